The molecule has 5 rings (SSSR count). The molecule has 1 unspecified atom stereocenters. The van der Waals surface area contributed by atoms with E-state index in [9.17, 15) is 9.59 Å². The van der Waals surface area contributed by atoms with Gasteiger partial charge in [0.1, 0.15) is 7.11 Å². The number of carbonyl (C=O) groups is 2. The predicted molar refractivity (Wildman–Crippen MR) is 182 cm³/mol. The summed E-state index contributed by atoms with van der Waals surface area (Å²) < 4.78 is 0. The van der Waals surface area contributed by atoms with Crippen LogP contribution in [-0.4, -0.2) is 102 Å². The van der Waals surface area contributed by atoms with E-state index in [1.54, 1.807) is 42.5 Å². The van der Waals surface area contributed by atoms with Gasteiger partial charge in [-0.3, -0.25) is 9.78 Å². The number of carbonyl (C=O) groups excluding carboxylic acids is 2. The first-order valence-electron chi connectivity index (χ1n) is 15.9. The number of piperidine rings is 1. The molecule has 244 valence electrons. The molecule has 0 saturated carbocycles. The van der Waals surface area contributed by atoms with Crippen molar-refractivity contribution in [3.05, 3.63) is 99.8 Å². The fourth-order valence-corrected chi connectivity index (χ4v) is 7.03. The molecule has 3 aromatic rings. The molecular weight excluding hydrogens is 623 g/mol. The maximum Gasteiger partial charge on any atom is 0.320 e. The Labute approximate surface area is 281 Å². The molecule has 11 heteroatoms. The minimum Gasteiger partial charge on any atom is -0.399 e. The summed E-state index contributed by atoms with van der Waals surface area (Å²) in [5.74, 6) is -0.254. The number of likely N-dealkylation sites (tertiary alicyclic amines) is 1. The molecule has 2 fully saturated rings. The molecule has 3 heterocycles. The smallest absolute Gasteiger partial charge is 0.320 e. The van der Waals surface area contributed by atoms with Gasteiger partial charge in [0.15, 0.2) is 0 Å². The lowest BCUT2D eigenvalue weighted by Gasteiger charge is -2.43. The number of hydrogen-bond acceptors (Lipinski definition) is 6. The van der Waals surface area contributed by atoms with Gasteiger partial charge in [0.05, 0.1) is 12.3 Å². The van der Waals surface area contributed by atoms with Crippen LogP contribution in [0.25, 0.3) is 0 Å². The Kier molecular flexibility index (Phi) is 11.9. The van der Waals surface area contributed by atoms with Crippen molar-refractivity contribution in [1.29, 1.82) is 0 Å². The molecule has 0 N–H and O–H groups in total. The number of nitrogens with zero attached hydrogens (tertiary/aromatic N) is 6. The van der Waals surface area contributed by atoms with Crippen molar-refractivity contribution in [1.82, 2.24) is 24.6 Å². The summed E-state index contributed by atoms with van der Waals surface area (Å²) in [6, 6.07) is 19.4. The van der Waals surface area contributed by atoms with E-state index in [-0.39, 0.29) is 30.4 Å². The highest BCUT2D eigenvalue weighted by Gasteiger charge is 2.33. The first-order chi connectivity index (χ1) is 22.3. The lowest BCUT2D eigenvalue weighted by atomic mass is 9.89. The average molecular weight is 666 g/mol. The molecule has 1 atom stereocenters. The fourth-order valence-electron chi connectivity index (χ4n) is 6.51. The number of amides is 3. The van der Waals surface area contributed by atoms with Crippen molar-refractivity contribution >= 4 is 40.9 Å². The van der Waals surface area contributed by atoms with E-state index in [4.69, 9.17) is 28.0 Å². The highest BCUT2D eigenvalue weighted by molar-refractivity contribution is 6.35. The van der Waals surface area contributed by atoms with Crippen molar-refractivity contribution in [2.75, 3.05) is 53.4 Å². The van der Waals surface area contributed by atoms with Crippen molar-refractivity contribution in [3.8, 4) is 0 Å². The molecule has 2 aromatic carbocycles. The second-order valence-corrected chi connectivity index (χ2v) is 12.9. The lowest BCUT2D eigenvalue weighted by molar-refractivity contribution is 0.0760. The normalized spacial score (nSPS) is 17.2. The van der Waals surface area contributed by atoms with Crippen LogP contribution in [0, 0.1) is 0 Å². The number of rotatable bonds is 12. The van der Waals surface area contributed by atoms with Gasteiger partial charge in [-0.05, 0) is 73.7 Å². The summed E-state index contributed by atoms with van der Waals surface area (Å²) in [5, 5.41) is 5.25. The average Bonchev–Trinajstić information content (AvgIpc) is 3.06. The standard InChI is InChI=1S/C35H42Cl2N6O3/c1-40(34(44)28-21-29(36)23-30(37)22-28)25-33(39-46-2)32(27-7-4-3-5-8-27)13-20-41-18-11-31(12-19-41)43-17-6-16-42(35(43)45)24-26-9-14-38-15-10-26/h3-5,7-10,14-15,21-23,31-32H,6,11-13,16-20,24-25H2,1-2H3/b39-33+. The van der Waals surface area contributed by atoms with Gasteiger partial charge in [0.2, 0.25) is 0 Å². The number of benzene rings is 2. The van der Waals surface area contributed by atoms with Crippen LogP contribution in [0.2, 0.25) is 10.0 Å². The number of hydrogen-bond donors (Lipinski definition) is 0. The minimum atomic E-state index is -0.200. The molecule has 1 aromatic heterocycles. The zero-order valence-electron chi connectivity index (χ0n) is 26.5. The van der Waals surface area contributed by atoms with Crippen LogP contribution in [0.5, 0.6) is 0 Å². The van der Waals surface area contributed by atoms with Gasteiger partial charge in [-0.1, -0.05) is 58.7 Å². The number of halogens is 2. The van der Waals surface area contributed by atoms with Crippen LogP contribution < -0.4 is 0 Å². The van der Waals surface area contributed by atoms with Crippen molar-refractivity contribution in [2.24, 2.45) is 5.16 Å². The summed E-state index contributed by atoms with van der Waals surface area (Å²) >= 11 is 12.3. The molecule has 9 nitrogen and oxygen atoms in total. The Hall–Kier alpha value is -3.66. The summed E-state index contributed by atoms with van der Waals surface area (Å²) in [5.41, 5.74) is 3.41. The second-order valence-electron chi connectivity index (χ2n) is 12.0. The van der Waals surface area contributed by atoms with Gasteiger partial charge < -0.3 is 24.4 Å². The van der Waals surface area contributed by atoms with Crippen LogP contribution in [0.1, 0.15) is 53.1 Å². The first-order valence-corrected chi connectivity index (χ1v) is 16.6. The van der Waals surface area contributed by atoms with Crippen LogP contribution in [-0.2, 0) is 11.4 Å². The molecule has 2 aliphatic rings. The zero-order valence-corrected chi connectivity index (χ0v) is 28.0. The number of urea groups is 1. The Bertz CT molecular complexity index is 1460. The molecule has 0 aliphatic carbocycles. The van der Waals surface area contributed by atoms with Crippen molar-refractivity contribution in [2.45, 2.75) is 44.2 Å². The predicted octanol–water partition coefficient (Wildman–Crippen LogP) is 6.43. The Morgan fingerprint density at radius 1 is 1.02 bits per heavy atom. The Balaban J connectivity index is 1.20. The maximum absolute atomic E-state index is 13.4. The maximum atomic E-state index is 13.4. The summed E-state index contributed by atoms with van der Waals surface area (Å²) in [6.07, 6.45) is 7.24. The first kappa shape index (κ1) is 33.7. The summed E-state index contributed by atoms with van der Waals surface area (Å²) in [6.45, 7) is 5.21. The summed E-state index contributed by atoms with van der Waals surface area (Å²) in [7, 11) is 3.28. The molecule has 2 saturated heterocycles. The third kappa shape index (κ3) is 8.78. The van der Waals surface area contributed by atoms with Gasteiger partial charge in [-0.2, -0.15) is 0 Å². The monoisotopic (exact) mass is 664 g/mol. The quantitative estimate of drug-likeness (QED) is 0.165. The fraction of sp³-hybridized carbons (Fsp3) is 0.429. The summed E-state index contributed by atoms with van der Waals surface area (Å²) in [4.78, 5) is 44.3. The number of oxime groups is 1. The van der Waals surface area contributed by atoms with Gasteiger partial charge in [-0.15, -0.1) is 0 Å². The Morgan fingerprint density at radius 3 is 2.39 bits per heavy atom. The van der Waals surface area contributed by atoms with E-state index in [0.29, 0.717) is 22.2 Å². The van der Waals surface area contributed by atoms with E-state index < -0.39 is 0 Å². The van der Waals surface area contributed by atoms with Crippen molar-refractivity contribution < 1.29 is 14.4 Å². The number of aromatic nitrogens is 1. The molecule has 0 bridgehead atoms. The van der Waals surface area contributed by atoms with E-state index in [1.165, 1.54) is 7.11 Å². The lowest BCUT2D eigenvalue weighted by Crippen LogP contribution is -2.55. The minimum absolute atomic E-state index is 0.0533. The Morgan fingerprint density at radius 2 is 1.72 bits per heavy atom. The van der Waals surface area contributed by atoms with E-state index in [0.717, 1.165) is 75.2 Å². The van der Waals surface area contributed by atoms with Crippen LogP contribution in [0.15, 0.2) is 78.2 Å². The third-order valence-corrected chi connectivity index (χ3v) is 9.30. The molecule has 0 radical (unpaired) electrons. The van der Waals surface area contributed by atoms with E-state index in [2.05, 4.69) is 32.1 Å². The topological polar surface area (TPSA) is 81.6 Å². The van der Waals surface area contributed by atoms with Gasteiger partial charge in [-0.25, -0.2) is 4.79 Å². The SMILES string of the molecule is CO/N=C(\CN(C)C(=O)c1cc(Cl)cc(Cl)c1)C(CCN1CCC(N2CCCN(Cc3ccncc3)C2=O)CC1)c1ccccc1. The zero-order chi connectivity index (χ0) is 32.5. The van der Waals surface area contributed by atoms with Gasteiger partial charge >= 0.3 is 6.03 Å². The van der Waals surface area contributed by atoms with Gasteiger partial charge in [0, 0.05) is 79.7 Å². The van der Waals surface area contributed by atoms with Crippen LogP contribution >= 0.6 is 23.2 Å². The van der Waals surface area contributed by atoms with E-state index in [1.807, 2.05) is 35.2 Å². The van der Waals surface area contributed by atoms with Crippen LogP contribution in [0.3, 0.4) is 0 Å². The largest absolute Gasteiger partial charge is 0.399 e. The number of pyridine rings is 1. The van der Waals surface area contributed by atoms with Crippen LogP contribution in [0.4, 0.5) is 4.79 Å². The molecule has 3 amide bonds. The van der Waals surface area contributed by atoms with Crippen molar-refractivity contribution in [3.63, 3.8) is 0 Å². The third-order valence-electron chi connectivity index (χ3n) is 8.87. The molecule has 2 aliphatic heterocycles. The highest BCUT2D eigenvalue weighted by atomic mass is 35.5. The molecule has 0 spiro atoms. The second kappa shape index (κ2) is 16.3. The molecule has 46 heavy (non-hydrogen) atoms. The highest BCUT2D eigenvalue weighted by Crippen LogP contribution is 2.27. The van der Waals surface area contributed by atoms with Gasteiger partial charge in [0.25, 0.3) is 5.91 Å². The molecular formula is C35H42Cl2N6O3. The van der Waals surface area contributed by atoms with E-state index >= 15 is 0 Å².